The van der Waals surface area contributed by atoms with Crippen molar-refractivity contribution in [2.75, 3.05) is 13.1 Å². The van der Waals surface area contributed by atoms with Crippen LogP contribution in [-0.4, -0.2) is 39.2 Å². The zero-order valence-corrected chi connectivity index (χ0v) is 15.5. The van der Waals surface area contributed by atoms with Crippen LogP contribution >= 0.6 is 0 Å². The van der Waals surface area contributed by atoms with Gasteiger partial charge < -0.3 is 14.7 Å². The van der Waals surface area contributed by atoms with Gasteiger partial charge in [-0.2, -0.15) is 5.10 Å². The second-order valence-corrected chi connectivity index (χ2v) is 7.06. The molecule has 1 aromatic heterocycles. The lowest BCUT2D eigenvalue weighted by atomic mass is 9.94. The summed E-state index contributed by atoms with van der Waals surface area (Å²) in [6.07, 6.45) is 3.66. The number of piperidine rings is 1. The number of H-pyrrole nitrogens is 1. The number of carbonyl (C=O) groups excluding carboxylic acids is 1. The number of ether oxygens (including phenoxy) is 1. The number of hydrogen-bond acceptors (Lipinski definition) is 4. The Hall–Kier alpha value is -3.28. The fourth-order valence-electron chi connectivity index (χ4n) is 3.60. The van der Waals surface area contributed by atoms with Crippen LogP contribution in [0, 0.1) is 0 Å². The quantitative estimate of drug-likeness (QED) is 0.710. The number of nitrogens with zero attached hydrogens (tertiary/aromatic N) is 2. The van der Waals surface area contributed by atoms with E-state index in [0.29, 0.717) is 25.4 Å². The van der Waals surface area contributed by atoms with Gasteiger partial charge in [0.1, 0.15) is 18.1 Å². The summed E-state index contributed by atoms with van der Waals surface area (Å²) in [4.78, 5) is 14.8. The van der Waals surface area contributed by atoms with Crippen molar-refractivity contribution in [3.05, 3.63) is 77.6 Å². The Balaban J connectivity index is 1.47. The lowest BCUT2D eigenvalue weighted by Gasteiger charge is -2.32. The molecule has 2 heterocycles. The number of benzene rings is 2. The van der Waals surface area contributed by atoms with Gasteiger partial charge in [-0.05, 0) is 42.7 Å². The summed E-state index contributed by atoms with van der Waals surface area (Å²) < 4.78 is 5.81. The molecule has 0 saturated carbocycles. The van der Waals surface area contributed by atoms with Gasteiger partial charge in [0.25, 0.3) is 5.91 Å². The first-order chi connectivity index (χ1) is 13.7. The van der Waals surface area contributed by atoms with E-state index in [1.54, 1.807) is 23.2 Å². The minimum atomic E-state index is -0.174. The van der Waals surface area contributed by atoms with E-state index in [1.165, 1.54) is 6.07 Å². The molecule has 1 aliphatic heterocycles. The molecular formula is C22H23N3O3. The molecule has 6 heteroatoms. The average molecular weight is 377 g/mol. The van der Waals surface area contributed by atoms with Gasteiger partial charge in [-0.1, -0.05) is 30.3 Å². The lowest BCUT2D eigenvalue weighted by Crippen LogP contribution is -2.39. The largest absolute Gasteiger partial charge is 0.507 e. The van der Waals surface area contributed by atoms with Gasteiger partial charge in [0.15, 0.2) is 0 Å². The monoisotopic (exact) mass is 377 g/mol. The summed E-state index contributed by atoms with van der Waals surface area (Å²) in [5.41, 5.74) is 2.36. The van der Waals surface area contributed by atoms with E-state index in [9.17, 15) is 9.90 Å². The first-order valence-electron chi connectivity index (χ1n) is 9.49. The summed E-state index contributed by atoms with van der Waals surface area (Å²) in [5, 5.41) is 17.3. The van der Waals surface area contributed by atoms with E-state index in [-0.39, 0.29) is 23.1 Å². The molecular weight excluding hydrogens is 354 g/mol. The summed E-state index contributed by atoms with van der Waals surface area (Å²) in [6.45, 7) is 1.69. The summed E-state index contributed by atoms with van der Waals surface area (Å²) in [6, 6.07) is 16.6. The number of phenols is 1. The second kappa shape index (κ2) is 8.17. The van der Waals surface area contributed by atoms with Gasteiger partial charge in [0.2, 0.25) is 0 Å². The minimum absolute atomic E-state index is 0.0271. The smallest absolute Gasteiger partial charge is 0.257 e. The highest BCUT2D eigenvalue weighted by atomic mass is 16.5. The van der Waals surface area contributed by atoms with E-state index in [4.69, 9.17) is 4.74 Å². The Labute approximate surface area is 163 Å². The predicted molar refractivity (Wildman–Crippen MR) is 105 cm³/mol. The maximum absolute atomic E-state index is 13.0. The van der Waals surface area contributed by atoms with Crippen LogP contribution in [-0.2, 0) is 6.61 Å². The molecule has 0 radical (unpaired) electrons. The van der Waals surface area contributed by atoms with Crippen LogP contribution in [0.1, 0.15) is 40.4 Å². The molecule has 0 spiro atoms. The van der Waals surface area contributed by atoms with Crippen LogP contribution in [0.4, 0.5) is 0 Å². The molecule has 0 bridgehead atoms. The highest BCUT2D eigenvalue weighted by Gasteiger charge is 2.27. The predicted octanol–water partition coefficient (Wildman–Crippen LogP) is 3.71. The molecule has 2 aromatic carbocycles. The average Bonchev–Trinajstić information content (AvgIpc) is 3.28. The Bertz CT molecular complexity index is 925. The van der Waals surface area contributed by atoms with Crippen molar-refractivity contribution in [3.8, 4) is 11.5 Å². The fraction of sp³-hybridized carbons (Fsp3) is 0.273. The Morgan fingerprint density at radius 1 is 1.21 bits per heavy atom. The number of phenolic OH excluding ortho intramolecular Hbond substituents is 1. The van der Waals surface area contributed by atoms with E-state index >= 15 is 0 Å². The van der Waals surface area contributed by atoms with Crippen molar-refractivity contribution in [1.82, 2.24) is 15.1 Å². The summed E-state index contributed by atoms with van der Waals surface area (Å²) in [7, 11) is 0. The van der Waals surface area contributed by atoms with Crippen LogP contribution in [0.15, 0.2) is 60.8 Å². The molecule has 4 rings (SSSR count). The SMILES string of the molecule is O=C(c1cc(OCc2ccccc2)ccc1O)N1CCCC(c2ccn[nH]2)C1. The number of amides is 1. The highest BCUT2D eigenvalue weighted by Crippen LogP contribution is 2.29. The van der Waals surface area contributed by atoms with Gasteiger partial charge in [-0.15, -0.1) is 0 Å². The van der Waals surface area contributed by atoms with Gasteiger partial charge in [0, 0.05) is 30.9 Å². The Morgan fingerprint density at radius 3 is 2.86 bits per heavy atom. The van der Waals surface area contributed by atoms with Gasteiger partial charge in [0.05, 0.1) is 5.56 Å². The summed E-state index contributed by atoms with van der Waals surface area (Å²) >= 11 is 0. The van der Waals surface area contributed by atoms with E-state index in [1.807, 2.05) is 36.4 Å². The molecule has 1 fully saturated rings. The number of hydrogen-bond donors (Lipinski definition) is 2. The first-order valence-corrected chi connectivity index (χ1v) is 9.49. The van der Waals surface area contributed by atoms with Crippen LogP contribution in [0.3, 0.4) is 0 Å². The number of rotatable bonds is 5. The molecule has 1 unspecified atom stereocenters. The molecule has 1 aliphatic rings. The van der Waals surface area contributed by atoms with Crippen molar-refractivity contribution >= 4 is 5.91 Å². The van der Waals surface area contributed by atoms with Crippen LogP contribution in [0.5, 0.6) is 11.5 Å². The number of aromatic amines is 1. The zero-order valence-electron chi connectivity index (χ0n) is 15.5. The Morgan fingerprint density at radius 2 is 2.07 bits per heavy atom. The highest BCUT2D eigenvalue weighted by molar-refractivity contribution is 5.97. The zero-order chi connectivity index (χ0) is 19.3. The number of carbonyl (C=O) groups is 1. The van der Waals surface area contributed by atoms with Crippen molar-refractivity contribution in [2.24, 2.45) is 0 Å². The maximum Gasteiger partial charge on any atom is 0.257 e. The Kier molecular flexibility index (Phi) is 5.28. The minimum Gasteiger partial charge on any atom is -0.507 e. The first kappa shape index (κ1) is 18.1. The number of aromatic nitrogens is 2. The van der Waals surface area contributed by atoms with E-state index in [0.717, 1.165) is 24.1 Å². The molecule has 1 amide bonds. The van der Waals surface area contributed by atoms with Gasteiger partial charge in [-0.25, -0.2) is 0 Å². The molecule has 0 aliphatic carbocycles. The van der Waals surface area contributed by atoms with Crippen molar-refractivity contribution in [3.63, 3.8) is 0 Å². The third-order valence-corrected chi connectivity index (χ3v) is 5.12. The second-order valence-electron chi connectivity index (χ2n) is 7.06. The lowest BCUT2D eigenvalue weighted by molar-refractivity contribution is 0.0702. The number of nitrogens with one attached hydrogen (secondary N) is 1. The molecule has 2 N–H and O–H groups in total. The van der Waals surface area contributed by atoms with Gasteiger partial charge in [-0.3, -0.25) is 9.89 Å². The molecule has 6 nitrogen and oxygen atoms in total. The van der Waals surface area contributed by atoms with E-state index < -0.39 is 0 Å². The topological polar surface area (TPSA) is 78.5 Å². The van der Waals surface area contributed by atoms with Crippen LogP contribution in [0.25, 0.3) is 0 Å². The molecule has 28 heavy (non-hydrogen) atoms. The third kappa shape index (κ3) is 4.01. The molecule has 1 saturated heterocycles. The molecule has 144 valence electrons. The number of likely N-dealkylation sites (tertiary alicyclic amines) is 1. The standard InChI is InChI=1S/C22H23N3O3/c26-21-9-8-18(28-15-16-5-2-1-3-6-16)13-19(21)22(27)25-12-4-7-17(14-25)20-10-11-23-24-20/h1-3,5-6,8-11,13,17,26H,4,7,12,14-15H2,(H,23,24). The number of aromatic hydroxyl groups is 1. The van der Waals surface area contributed by atoms with Crippen LogP contribution in [0.2, 0.25) is 0 Å². The van der Waals surface area contributed by atoms with Gasteiger partial charge >= 0.3 is 0 Å². The van der Waals surface area contributed by atoms with Crippen molar-refractivity contribution in [2.45, 2.75) is 25.4 Å². The maximum atomic E-state index is 13.0. The molecule has 1 atom stereocenters. The van der Waals surface area contributed by atoms with E-state index in [2.05, 4.69) is 10.2 Å². The molecule has 3 aromatic rings. The third-order valence-electron chi connectivity index (χ3n) is 5.12. The normalized spacial score (nSPS) is 16.7. The summed E-state index contributed by atoms with van der Waals surface area (Å²) in [5.74, 6) is 0.597. The fourth-order valence-corrected chi connectivity index (χ4v) is 3.60. The van der Waals surface area contributed by atoms with Crippen molar-refractivity contribution in [1.29, 1.82) is 0 Å². The van der Waals surface area contributed by atoms with Crippen molar-refractivity contribution < 1.29 is 14.6 Å². The van der Waals surface area contributed by atoms with Crippen LogP contribution < -0.4 is 4.74 Å².